The Labute approximate surface area is 264 Å². The first-order valence-corrected chi connectivity index (χ1v) is 16.1. The molecule has 1 saturated carbocycles. The number of aromatic hydroxyl groups is 1. The Hall–Kier alpha value is -4.04. The molecule has 2 aliphatic heterocycles. The van der Waals surface area contributed by atoms with Crippen molar-refractivity contribution in [2.75, 3.05) is 9.80 Å². The van der Waals surface area contributed by atoms with Crippen LogP contribution in [0.15, 0.2) is 82.9 Å². The summed E-state index contributed by atoms with van der Waals surface area (Å²) in [4.78, 5) is 58.9. The van der Waals surface area contributed by atoms with E-state index < -0.39 is 35.5 Å². The number of carbonyl (C=O) groups excluding carboxylic acids is 4. The third-order valence-electron chi connectivity index (χ3n) is 10.2. The topological polar surface area (TPSA) is 95.0 Å². The number of halogens is 1. The van der Waals surface area contributed by atoms with Crippen molar-refractivity contribution in [3.05, 3.63) is 99.5 Å². The van der Waals surface area contributed by atoms with E-state index in [9.17, 15) is 24.3 Å². The summed E-state index contributed by atoms with van der Waals surface area (Å²) < 4.78 is 0.732. The molecule has 0 bridgehead atoms. The van der Waals surface area contributed by atoms with Gasteiger partial charge >= 0.3 is 0 Å². The number of hydrogen-bond acceptors (Lipinski definition) is 5. The summed E-state index contributed by atoms with van der Waals surface area (Å²) in [5.74, 6) is -4.73. The largest absolute Gasteiger partial charge is 0.508 e. The maximum absolute atomic E-state index is 14.2. The lowest BCUT2D eigenvalue weighted by Crippen LogP contribution is -2.43. The number of allylic oxidation sites excluding steroid dienone is 2. The molecule has 3 fully saturated rings. The predicted octanol–water partition coefficient (Wildman–Crippen LogP) is 6.32. The van der Waals surface area contributed by atoms with Gasteiger partial charge in [0.2, 0.25) is 23.6 Å². The SMILES string of the molecule is CCc1ccc(N2C(=O)[C@H]3[C@H](CC=C4[C@H]3C[C@H]3C(=O)N(c5ccc(CC)cc5)C(=O)[C@H]3[C@H]4c3cc(Br)ccc3O)C2=O)cc1. The summed E-state index contributed by atoms with van der Waals surface area (Å²) in [6, 6.07) is 20.1. The molecule has 4 amide bonds. The van der Waals surface area contributed by atoms with Gasteiger partial charge in [-0.1, -0.05) is 65.7 Å². The van der Waals surface area contributed by atoms with Crippen LogP contribution in [-0.2, 0) is 32.0 Å². The first-order valence-electron chi connectivity index (χ1n) is 15.3. The smallest absolute Gasteiger partial charge is 0.238 e. The molecule has 3 aromatic carbocycles. The maximum atomic E-state index is 14.2. The summed E-state index contributed by atoms with van der Waals surface area (Å²) in [6.45, 7) is 4.10. The monoisotopic (exact) mass is 652 g/mol. The number of amides is 4. The standard InChI is InChI=1S/C36H33BrN2O5/c1-3-19-5-10-22(11-6-19)38-33(41)25-15-14-24-26(31(25)35(38)43)18-28-32(30(24)27-17-21(37)9-16-29(27)40)36(44)39(34(28)42)23-12-7-20(4-2)8-13-23/h5-14,16-17,25-26,28,30-32,40H,3-4,15,18H2,1-2H3/t25-,26+,28+,30+,31-,32+/m0/s1. The van der Waals surface area contributed by atoms with E-state index >= 15 is 0 Å². The van der Waals surface area contributed by atoms with Crippen molar-refractivity contribution in [2.24, 2.45) is 29.6 Å². The van der Waals surface area contributed by atoms with E-state index in [1.165, 1.54) is 9.80 Å². The Morgan fingerprint density at radius 2 is 1.25 bits per heavy atom. The molecule has 0 spiro atoms. The molecule has 6 atom stereocenters. The fraction of sp³-hybridized carbons (Fsp3) is 0.333. The Morgan fingerprint density at radius 1 is 0.705 bits per heavy atom. The Morgan fingerprint density at radius 3 is 1.82 bits per heavy atom. The van der Waals surface area contributed by atoms with Gasteiger partial charge in [0.25, 0.3) is 0 Å². The van der Waals surface area contributed by atoms with Gasteiger partial charge in [-0.25, -0.2) is 0 Å². The minimum Gasteiger partial charge on any atom is -0.508 e. The Balaban J connectivity index is 1.32. The number of phenolic OH excluding ortho intramolecular Hbond substituents is 1. The molecule has 0 aromatic heterocycles. The summed E-state index contributed by atoms with van der Waals surface area (Å²) in [6.07, 6.45) is 4.33. The number of nitrogens with zero attached hydrogens (tertiary/aromatic N) is 2. The van der Waals surface area contributed by atoms with E-state index in [-0.39, 0.29) is 29.4 Å². The highest BCUT2D eigenvalue weighted by atomic mass is 79.9. The van der Waals surface area contributed by atoms with Crippen molar-refractivity contribution in [1.29, 1.82) is 0 Å². The molecule has 3 aromatic rings. The number of benzene rings is 3. The number of aryl methyl sites for hydroxylation is 2. The van der Waals surface area contributed by atoms with Crippen LogP contribution in [0.1, 0.15) is 49.3 Å². The molecule has 0 radical (unpaired) electrons. The van der Waals surface area contributed by atoms with Crippen molar-refractivity contribution in [2.45, 2.75) is 45.4 Å². The van der Waals surface area contributed by atoms with Gasteiger partial charge in [0.1, 0.15) is 5.75 Å². The van der Waals surface area contributed by atoms with Crippen LogP contribution < -0.4 is 9.80 Å². The lowest BCUT2D eigenvalue weighted by molar-refractivity contribution is -0.126. The van der Waals surface area contributed by atoms with Crippen LogP contribution in [0.3, 0.4) is 0 Å². The molecule has 7 rings (SSSR count). The molecule has 7 nitrogen and oxygen atoms in total. The van der Waals surface area contributed by atoms with E-state index in [0.717, 1.165) is 34.0 Å². The molecule has 224 valence electrons. The molecule has 2 saturated heterocycles. The fourth-order valence-corrected chi connectivity index (χ4v) is 8.36. The van der Waals surface area contributed by atoms with Crippen LogP contribution in [0.4, 0.5) is 11.4 Å². The fourth-order valence-electron chi connectivity index (χ4n) is 7.98. The number of fused-ring (bicyclic) bond motifs is 4. The first kappa shape index (κ1) is 28.7. The van der Waals surface area contributed by atoms with Crippen LogP contribution >= 0.6 is 15.9 Å². The highest BCUT2D eigenvalue weighted by Crippen LogP contribution is 2.59. The van der Waals surface area contributed by atoms with Gasteiger partial charge in [-0.2, -0.15) is 0 Å². The molecule has 1 N–H and O–H groups in total. The van der Waals surface area contributed by atoms with Crippen LogP contribution in [0, 0.1) is 29.6 Å². The summed E-state index contributed by atoms with van der Waals surface area (Å²) in [5.41, 5.74) is 4.68. The van der Waals surface area contributed by atoms with Gasteiger partial charge in [-0.3, -0.25) is 29.0 Å². The van der Waals surface area contributed by atoms with Gasteiger partial charge in [0, 0.05) is 16.0 Å². The minimum atomic E-state index is -0.738. The third kappa shape index (κ3) is 4.29. The van der Waals surface area contributed by atoms with Crippen molar-refractivity contribution < 1.29 is 24.3 Å². The predicted molar refractivity (Wildman–Crippen MR) is 170 cm³/mol. The van der Waals surface area contributed by atoms with Crippen LogP contribution in [-0.4, -0.2) is 28.7 Å². The number of phenols is 1. The summed E-state index contributed by atoms with van der Waals surface area (Å²) >= 11 is 3.52. The van der Waals surface area contributed by atoms with E-state index in [1.807, 2.05) is 49.4 Å². The lowest BCUT2D eigenvalue weighted by Gasteiger charge is -2.44. The number of imide groups is 2. The van der Waals surface area contributed by atoms with E-state index in [1.54, 1.807) is 30.3 Å². The van der Waals surface area contributed by atoms with Crippen LogP contribution in [0.25, 0.3) is 0 Å². The molecule has 0 unspecified atom stereocenters. The zero-order chi connectivity index (χ0) is 30.9. The van der Waals surface area contributed by atoms with Gasteiger partial charge in [0.05, 0.1) is 35.0 Å². The molecule has 4 aliphatic rings. The lowest BCUT2D eigenvalue weighted by atomic mass is 9.57. The first-order chi connectivity index (χ1) is 21.2. The van der Waals surface area contributed by atoms with Crippen molar-refractivity contribution in [3.8, 4) is 5.75 Å². The number of hydrogen-bond donors (Lipinski definition) is 1. The van der Waals surface area contributed by atoms with E-state index in [0.29, 0.717) is 29.8 Å². The van der Waals surface area contributed by atoms with Gasteiger partial charge in [-0.05, 0) is 85.2 Å². The van der Waals surface area contributed by atoms with Crippen molar-refractivity contribution in [3.63, 3.8) is 0 Å². The van der Waals surface area contributed by atoms with E-state index in [4.69, 9.17) is 0 Å². The van der Waals surface area contributed by atoms with Gasteiger partial charge < -0.3 is 5.11 Å². The van der Waals surface area contributed by atoms with Crippen LogP contribution in [0.2, 0.25) is 0 Å². The van der Waals surface area contributed by atoms with Gasteiger partial charge in [-0.15, -0.1) is 0 Å². The van der Waals surface area contributed by atoms with E-state index in [2.05, 4.69) is 22.9 Å². The second-order valence-corrected chi connectivity index (χ2v) is 13.2. The number of rotatable bonds is 5. The number of anilines is 2. The zero-order valence-corrected chi connectivity index (χ0v) is 26.2. The highest BCUT2D eigenvalue weighted by Gasteiger charge is 2.62. The second-order valence-electron chi connectivity index (χ2n) is 12.3. The highest BCUT2D eigenvalue weighted by molar-refractivity contribution is 9.10. The normalized spacial score (nSPS) is 27.8. The summed E-state index contributed by atoms with van der Waals surface area (Å²) in [5, 5.41) is 11.1. The Kier molecular flexibility index (Phi) is 7.08. The number of carbonyl (C=O) groups is 4. The molecule has 2 aliphatic carbocycles. The molecule has 8 heteroatoms. The molecular weight excluding hydrogens is 620 g/mol. The third-order valence-corrected chi connectivity index (χ3v) is 10.7. The molecule has 44 heavy (non-hydrogen) atoms. The minimum absolute atomic E-state index is 0.0260. The van der Waals surface area contributed by atoms with Gasteiger partial charge in [0.15, 0.2) is 0 Å². The average molecular weight is 654 g/mol. The zero-order valence-electron chi connectivity index (χ0n) is 24.6. The second kappa shape index (κ2) is 10.8. The summed E-state index contributed by atoms with van der Waals surface area (Å²) in [7, 11) is 0. The molecule has 2 heterocycles. The van der Waals surface area contributed by atoms with Crippen molar-refractivity contribution in [1.82, 2.24) is 0 Å². The maximum Gasteiger partial charge on any atom is 0.238 e. The molecular formula is C36H33BrN2O5. The average Bonchev–Trinajstić information content (AvgIpc) is 3.45. The van der Waals surface area contributed by atoms with Crippen molar-refractivity contribution >= 4 is 50.9 Å². The Bertz CT molecular complexity index is 1730. The quantitative estimate of drug-likeness (QED) is 0.257. The van der Waals surface area contributed by atoms with Crippen LogP contribution in [0.5, 0.6) is 5.75 Å².